The van der Waals surface area contributed by atoms with Gasteiger partial charge in [-0.05, 0) is 30.9 Å². The van der Waals surface area contributed by atoms with Crippen molar-refractivity contribution in [3.8, 4) is 5.75 Å². The van der Waals surface area contributed by atoms with Crippen molar-refractivity contribution in [2.24, 2.45) is 0 Å². The zero-order chi connectivity index (χ0) is 17.5. The highest BCUT2D eigenvalue weighted by atomic mass is 16.6. The molecule has 0 fully saturated rings. The summed E-state index contributed by atoms with van der Waals surface area (Å²) in [6.45, 7) is 4.47. The minimum atomic E-state index is -0.669. The van der Waals surface area contributed by atoms with Crippen LogP contribution in [0.15, 0.2) is 24.3 Å². The lowest BCUT2D eigenvalue weighted by atomic mass is 10.0. The first-order chi connectivity index (χ1) is 11.8. The van der Waals surface area contributed by atoms with Crippen molar-refractivity contribution in [2.75, 3.05) is 0 Å². The highest BCUT2D eigenvalue weighted by Gasteiger charge is 2.09. The summed E-state index contributed by atoms with van der Waals surface area (Å²) < 4.78 is 5.80. The van der Waals surface area contributed by atoms with Gasteiger partial charge in [-0.3, -0.25) is 0 Å². The Kier molecular flexibility index (Phi) is 12.6. The fraction of sp³-hybridized carbons (Fsp3) is 0.727. The van der Waals surface area contributed by atoms with E-state index in [-0.39, 0.29) is 0 Å². The van der Waals surface area contributed by atoms with E-state index in [9.17, 15) is 5.11 Å². The minimum Gasteiger partial charge on any atom is -0.465 e. The summed E-state index contributed by atoms with van der Waals surface area (Å²) in [6.07, 6.45) is 15.0. The van der Waals surface area contributed by atoms with Crippen LogP contribution in [-0.2, 0) is 6.42 Å². The molecule has 1 atom stereocenters. The summed E-state index contributed by atoms with van der Waals surface area (Å²) in [5, 5.41) is 10.1. The second-order valence-electron chi connectivity index (χ2n) is 6.90. The van der Waals surface area contributed by atoms with Crippen LogP contribution in [0.2, 0.25) is 0 Å². The van der Waals surface area contributed by atoms with Crippen molar-refractivity contribution in [3.63, 3.8) is 0 Å². The van der Waals surface area contributed by atoms with Crippen molar-refractivity contribution < 1.29 is 9.84 Å². The number of aliphatic hydroxyl groups is 1. The molecular weight excluding hydrogens is 296 g/mol. The van der Waals surface area contributed by atoms with E-state index in [4.69, 9.17) is 4.74 Å². The predicted octanol–water partition coefficient (Wildman–Crippen LogP) is 6.65. The smallest absolute Gasteiger partial charge is 0.197 e. The summed E-state index contributed by atoms with van der Waals surface area (Å²) in [7, 11) is 0. The van der Waals surface area contributed by atoms with Crippen molar-refractivity contribution >= 4 is 0 Å². The van der Waals surface area contributed by atoms with Crippen LogP contribution >= 0.6 is 0 Å². The zero-order valence-electron chi connectivity index (χ0n) is 15.9. The Labute approximate surface area is 149 Å². The maximum Gasteiger partial charge on any atom is 0.197 e. The molecule has 0 aliphatic heterocycles. The molecule has 2 nitrogen and oxygen atoms in total. The first-order valence-corrected chi connectivity index (χ1v) is 10.2. The van der Waals surface area contributed by atoms with Gasteiger partial charge in [0.1, 0.15) is 5.75 Å². The quantitative estimate of drug-likeness (QED) is 0.287. The number of aryl methyl sites for hydroxylation is 1. The lowest BCUT2D eigenvalue weighted by molar-refractivity contribution is -0.0252. The molecule has 0 amide bonds. The van der Waals surface area contributed by atoms with Crippen LogP contribution in [0.5, 0.6) is 5.75 Å². The molecule has 1 aromatic carbocycles. The number of aliphatic hydroxyl groups excluding tert-OH is 1. The van der Waals surface area contributed by atoms with Crippen LogP contribution in [0, 0.1) is 0 Å². The average molecular weight is 335 g/mol. The molecule has 1 rings (SSSR count). The molecule has 1 unspecified atom stereocenters. The molecule has 138 valence electrons. The van der Waals surface area contributed by atoms with E-state index in [1.165, 1.54) is 69.8 Å². The summed E-state index contributed by atoms with van der Waals surface area (Å²) in [5.74, 6) is 0.868. The second kappa shape index (κ2) is 14.3. The van der Waals surface area contributed by atoms with Crippen LogP contribution in [0.3, 0.4) is 0 Å². The van der Waals surface area contributed by atoms with Crippen molar-refractivity contribution in [1.82, 2.24) is 0 Å². The number of hydrogen-bond donors (Lipinski definition) is 1. The van der Waals surface area contributed by atoms with Crippen LogP contribution < -0.4 is 4.74 Å². The van der Waals surface area contributed by atoms with Crippen LogP contribution in [0.25, 0.3) is 0 Å². The fourth-order valence-electron chi connectivity index (χ4n) is 3.05. The summed E-state index contributed by atoms with van der Waals surface area (Å²) in [4.78, 5) is 0. The Morgan fingerprint density at radius 3 is 2.08 bits per heavy atom. The topological polar surface area (TPSA) is 29.5 Å². The highest BCUT2D eigenvalue weighted by molar-refractivity contribution is 5.33. The maximum absolute atomic E-state index is 10.1. The molecule has 0 saturated heterocycles. The van der Waals surface area contributed by atoms with Gasteiger partial charge >= 0.3 is 0 Å². The van der Waals surface area contributed by atoms with Gasteiger partial charge in [0.15, 0.2) is 6.29 Å². The maximum atomic E-state index is 10.1. The number of para-hydroxylation sites is 1. The summed E-state index contributed by atoms with van der Waals surface area (Å²) in [5.41, 5.74) is 1.23. The molecule has 24 heavy (non-hydrogen) atoms. The molecule has 1 N–H and O–H groups in total. The van der Waals surface area contributed by atoms with Crippen molar-refractivity contribution in [2.45, 2.75) is 104 Å². The van der Waals surface area contributed by atoms with Crippen LogP contribution in [0.1, 0.15) is 96.5 Å². The molecule has 0 bridgehead atoms. The molecule has 2 heteroatoms. The first-order valence-electron chi connectivity index (χ1n) is 10.2. The molecule has 0 radical (unpaired) electrons. The van der Waals surface area contributed by atoms with Gasteiger partial charge in [-0.25, -0.2) is 0 Å². The van der Waals surface area contributed by atoms with E-state index >= 15 is 0 Å². The van der Waals surface area contributed by atoms with Crippen molar-refractivity contribution in [3.05, 3.63) is 29.8 Å². The van der Waals surface area contributed by atoms with Crippen molar-refractivity contribution in [1.29, 1.82) is 0 Å². The Morgan fingerprint density at radius 2 is 1.38 bits per heavy atom. The fourth-order valence-corrected chi connectivity index (χ4v) is 3.05. The largest absolute Gasteiger partial charge is 0.465 e. The van der Waals surface area contributed by atoms with Gasteiger partial charge in [0.05, 0.1) is 0 Å². The van der Waals surface area contributed by atoms with E-state index in [0.717, 1.165) is 25.0 Å². The average Bonchev–Trinajstić information content (AvgIpc) is 2.59. The normalized spacial score (nSPS) is 12.3. The number of ether oxygens (including phenoxy) is 1. The summed E-state index contributed by atoms with van der Waals surface area (Å²) in [6, 6.07) is 8.19. The Hall–Kier alpha value is -1.02. The third-order valence-electron chi connectivity index (χ3n) is 4.59. The molecule has 0 spiro atoms. The van der Waals surface area contributed by atoms with E-state index in [1.807, 2.05) is 12.1 Å². The van der Waals surface area contributed by atoms with Gasteiger partial charge in [0, 0.05) is 6.42 Å². The van der Waals surface area contributed by atoms with E-state index in [0.29, 0.717) is 0 Å². The monoisotopic (exact) mass is 334 g/mol. The molecule has 0 saturated carbocycles. The van der Waals surface area contributed by atoms with Gasteiger partial charge in [-0.15, -0.1) is 0 Å². The van der Waals surface area contributed by atoms with E-state index in [1.54, 1.807) is 0 Å². The standard InChI is InChI=1S/C22H38O2/c1-3-5-7-9-11-12-16-20-17-14-15-18-21(20)24-22(23)19-13-10-8-6-4-2/h14-15,17-18,22-23H,3-13,16,19H2,1-2H3. The molecule has 0 aromatic heterocycles. The van der Waals surface area contributed by atoms with Gasteiger partial charge in [-0.2, -0.15) is 0 Å². The van der Waals surface area contributed by atoms with Gasteiger partial charge < -0.3 is 9.84 Å². The van der Waals surface area contributed by atoms with Gasteiger partial charge in [0.25, 0.3) is 0 Å². The Morgan fingerprint density at radius 1 is 0.792 bits per heavy atom. The summed E-state index contributed by atoms with van der Waals surface area (Å²) >= 11 is 0. The SMILES string of the molecule is CCCCCCCCc1ccccc1OC(O)CCCCCCC. The molecule has 0 heterocycles. The Balaban J connectivity index is 2.28. The molecule has 0 aliphatic carbocycles. The Bertz CT molecular complexity index is 403. The third-order valence-corrected chi connectivity index (χ3v) is 4.59. The number of hydrogen-bond acceptors (Lipinski definition) is 2. The zero-order valence-corrected chi connectivity index (χ0v) is 15.9. The van der Waals surface area contributed by atoms with Gasteiger partial charge in [-0.1, -0.05) is 89.8 Å². The first kappa shape index (κ1) is 21.0. The lowest BCUT2D eigenvalue weighted by Crippen LogP contribution is -2.16. The van der Waals surface area contributed by atoms with E-state index < -0.39 is 6.29 Å². The van der Waals surface area contributed by atoms with Gasteiger partial charge in [0.2, 0.25) is 0 Å². The number of benzene rings is 1. The number of unbranched alkanes of at least 4 members (excludes halogenated alkanes) is 9. The highest BCUT2D eigenvalue weighted by Crippen LogP contribution is 2.23. The second-order valence-corrected chi connectivity index (χ2v) is 6.90. The molecule has 1 aromatic rings. The lowest BCUT2D eigenvalue weighted by Gasteiger charge is -2.16. The predicted molar refractivity (Wildman–Crippen MR) is 104 cm³/mol. The molecular formula is C22H38O2. The number of rotatable bonds is 15. The van der Waals surface area contributed by atoms with Crippen LogP contribution in [-0.4, -0.2) is 11.4 Å². The molecule has 0 aliphatic rings. The third kappa shape index (κ3) is 9.97. The van der Waals surface area contributed by atoms with Crippen LogP contribution in [0.4, 0.5) is 0 Å². The van der Waals surface area contributed by atoms with E-state index in [2.05, 4.69) is 26.0 Å². The minimum absolute atomic E-state index is 0.669.